The molecule has 0 N–H and O–H groups in total. The Bertz CT molecular complexity index is 325. The van der Waals surface area contributed by atoms with Gasteiger partial charge in [0.2, 0.25) is 0 Å². The molecule has 0 radical (unpaired) electrons. The Morgan fingerprint density at radius 2 is 2.20 bits per heavy atom. The Morgan fingerprint density at radius 3 is 2.67 bits per heavy atom. The first kappa shape index (κ1) is 12.0. The second-order valence-electron chi connectivity index (χ2n) is 3.44. The van der Waals surface area contributed by atoms with E-state index in [0.29, 0.717) is 5.92 Å². The molecule has 1 rings (SSSR count). The van der Waals surface area contributed by atoms with Crippen LogP contribution in [0.4, 0.5) is 0 Å². The van der Waals surface area contributed by atoms with Crippen LogP contribution in [0.3, 0.4) is 0 Å². The highest BCUT2D eigenvalue weighted by Crippen LogP contribution is 2.17. The molecular weight excluding hydrogens is 212 g/mol. The smallest absolute Gasteiger partial charge is 0.358 e. The largest absolute Gasteiger partial charge is 0.464 e. The van der Waals surface area contributed by atoms with Gasteiger partial charge in [0.1, 0.15) is 5.03 Å². The zero-order valence-corrected chi connectivity index (χ0v) is 9.87. The average Bonchev–Trinajstić information content (AvgIpc) is 2.26. The molecule has 15 heavy (non-hydrogen) atoms. The second kappa shape index (κ2) is 5.70. The van der Waals surface area contributed by atoms with Crippen molar-refractivity contribution >= 4 is 17.7 Å². The fourth-order valence-corrected chi connectivity index (χ4v) is 1.61. The summed E-state index contributed by atoms with van der Waals surface area (Å²) in [5.74, 6) is 1.15. The van der Waals surface area contributed by atoms with E-state index in [1.165, 1.54) is 13.3 Å². The predicted octanol–water partition coefficient (Wildman–Crippen LogP) is 2.01. The number of carbonyl (C=O) groups is 1. The van der Waals surface area contributed by atoms with E-state index in [-0.39, 0.29) is 5.69 Å². The number of aromatic nitrogens is 2. The minimum atomic E-state index is -0.456. The van der Waals surface area contributed by atoms with Crippen molar-refractivity contribution in [2.45, 2.75) is 18.9 Å². The summed E-state index contributed by atoms with van der Waals surface area (Å²) in [6.07, 6.45) is 3.04. The number of methoxy groups -OCH3 is 1. The number of esters is 1. The Hall–Kier alpha value is -1.10. The van der Waals surface area contributed by atoms with E-state index in [9.17, 15) is 4.79 Å². The Balaban J connectivity index is 2.60. The first-order valence-electron chi connectivity index (χ1n) is 4.66. The minimum absolute atomic E-state index is 0.242. The SMILES string of the molecule is COC(=O)c1cnc(SCC(C)C)cn1. The molecule has 0 bridgehead atoms. The van der Waals surface area contributed by atoms with Crippen LogP contribution < -0.4 is 0 Å². The van der Waals surface area contributed by atoms with Gasteiger partial charge in [-0.15, -0.1) is 11.8 Å². The van der Waals surface area contributed by atoms with Crippen molar-refractivity contribution in [3.05, 3.63) is 18.1 Å². The van der Waals surface area contributed by atoms with Crippen molar-refractivity contribution in [3.63, 3.8) is 0 Å². The molecule has 0 fully saturated rings. The van der Waals surface area contributed by atoms with Gasteiger partial charge in [-0.05, 0) is 5.92 Å². The van der Waals surface area contributed by atoms with Crippen LogP contribution in [0.25, 0.3) is 0 Å². The maximum absolute atomic E-state index is 11.1. The summed E-state index contributed by atoms with van der Waals surface area (Å²) < 4.78 is 4.53. The molecule has 0 saturated carbocycles. The zero-order valence-electron chi connectivity index (χ0n) is 9.06. The zero-order chi connectivity index (χ0) is 11.3. The number of nitrogens with zero attached hydrogens (tertiary/aromatic N) is 2. The van der Waals surface area contributed by atoms with E-state index < -0.39 is 5.97 Å². The Kier molecular flexibility index (Phi) is 4.55. The van der Waals surface area contributed by atoms with Crippen molar-refractivity contribution < 1.29 is 9.53 Å². The molecule has 0 aromatic carbocycles. The highest BCUT2D eigenvalue weighted by Gasteiger charge is 2.07. The van der Waals surface area contributed by atoms with Crippen LogP contribution in [-0.2, 0) is 4.74 Å². The van der Waals surface area contributed by atoms with Gasteiger partial charge in [0.25, 0.3) is 0 Å². The van der Waals surface area contributed by atoms with Gasteiger partial charge in [-0.1, -0.05) is 13.8 Å². The number of carbonyl (C=O) groups excluding carboxylic acids is 1. The lowest BCUT2D eigenvalue weighted by Gasteiger charge is -2.03. The quantitative estimate of drug-likeness (QED) is 0.580. The average molecular weight is 226 g/mol. The maximum atomic E-state index is 11.1. The van der Waals surface area contributed by atoms with Gasteiger partial charge >= 0.3 is 5.97 Å². The van der Waals surface area contributed by atoms with Crippen LogP contribution in [0.15, 0.2) is 17.4 Å². The predicted molar refractivity (Wildman–Crippen MR) is 58.9 cm³/mol. The van der Waals surface area contributed by atoms with E-state index in [1.807, 2.05) is 0 Å². The molecule has 0 amide bonds. The van der Waals surface area contributed by atoms with Crippen molar-refractivity contribution in [3.8, 4) is 0 Å². The monoisotopic (exact) mass is 226 g/mol. The van der Waals surface area contributed by atoms with Gasteiger partial charge in [0.05, 0.1) is 19.5 Å². The van der Waals surface area contributed by atoms with Gasteiger partial charge in [0.15, 0.2) is 5.69 Å². The summed E-state index contributed by atoms with van der Waals surface area (Å²) in [5, 5.41) is 0.830. The molecule has 0 unspecified atom stereocenters. The molecule has 0 spiro atoms. The third-order valence-corrected chi connectivity index (χ3v) is 2.93. The van der Waals surface area contributed by atoms with Crippen LogP contribution >= 0.6 is 11.8 Å². The van der Waals surface area contributed by atoms with Gasteiger partial charge in [-0.3, -0.25) is 0 Å². The maximum Gasteiger partial charge on any atom is 0.358 e. The van der Waals surface area contributed by atoms with Crippen molar-refractivity contribution in [1.82, 2.24) is 9.97 Å². The molecule has 1 heterocycles. The lowest BCUT2D eigenvalue weighted by Crippen LogP contribution is -2.04. The molecule has 0 aliphatic carbocycles. The van der Waals surface area contributed by atoms with Crippen LogP contribution in [0.5, 0.6) is 0 Å². The molecule has 82 valence electrons. The van der Waals surface area contributed by atoms with Crippen molar-refractivity contribution in [1.29, 1.82) is 0 Å². The normalized spacial score (nSPS) is 10.4. The van der Waals surface area contributed by atoms with Gasteiger partial charge in [-0.2, -0.15) is 0 Å². The van der Waals surface area contributed by atoms with E-state index in [0.717, 1.165) is 10.8 Å². The molecule has 0 saturated heterocycles. The summed E-state index contributed by atoms with van der Waals surface area (Å²) in [7, 11) is 1.32. The fraction of sp³-hybridized carbons (Fsp3) is 0.500. The summed E-state index contributed by atoms with van der Waals surface area (Å²) in [6, 6.07) is 0. The molecule has 0 aliphatic heterocycles. The van der Waals surface area contributed by atoms with E-state index in [2.05, 4.69) is 28.6 Å². The molecule has 5 heteroatoms. The lowest BCUT2D eigenvalue weighted by atomic mass is 10.3. The number of hydrogen-bond donors (Lipinski definition) is 0. The number of hydrogen-bond acceptors (Lipinski definition) is 5. The standard InChI is InChI=1S/C10H14N2O2S/c1-7(2)6-15-9-5-11-8(4-12-9)10(13)14-3/h4-5,7H,6H2,1-3H3. The summed E-state index contributed by atoms with van der Waals surface area (Å²) in [6.45, 7) is 4.28. The molecule has 4 nitrogen and oxygen atoms in total. The van der Waals surface area contributed by atoms with Crippen LogP contribution in [0.2, 0.25) is 0 Å². The Labute approximate surface area is 93.5 Å². The summed E-state index contributed by atoms with van der Waals surface area (Å²) >= 11 is 1.63. The molecule has 1 aromatic heterocycles. The summed E-state index contributed by atoms with van der Waals surface area (Å²) in [4.78, 5) is 19.1. The highest BCUT2D eigenvalue weighted by atomic mass is 32.2. The molecule has 1 aromatic rings. The Morgan fingerprint density at radius 1 is 1.47 bits per heavy atom. The van der Waals surface area contributed by atoms with E-state index >= 15 is 0 Å². The fourth-order valence-electron chi connectivity index (χ4n) is 0.853. The van der Waals surface area contributed by atoms with E-state index in [1.54, 1.807) is 18.0 Å². The van der Waals surface area contributed by atoms with Crippen LogP contribution in [-0.4, -0.2) is 28.8 Å². The summed E-state index contributed by atoms with van der Waals surface area (Å²) in [5.41, 5.74) is 0.242. The van der Waals surface area contributed by atoms with Gasteiger partial charge < -0.3 is 4.74 Å². The highest BCUT2D eigenvalue weighted by molar-refractivity contribution is 7.99. The number of rotatable bonds is 4. The molecule has 0 aliphatic rings. The minimum Gasteiger partial charge on any atom is -0.464 e. The first-order chi connectivity index (χ1) is 7.13. The van der Waals surface area contributed by atoms with Crippen LogP contribution in [0, 0.1) is 5.92 Å². The molecule has 0 atom stereocenters. The molecular formula is C10H14N2O2S. The van der Waals surface area contributed by atoms with Crippen LogP contribution in [0.1, 0.15) is 24.3 Å². The van der Waals surface area contributed by atoms with Crippen molar-refractivity contribution in [2.75, 3.05) is 12.9 Å². The number of ether oxygens (including phenoxy) is 1. The third-order valence-electron chi connectivity index (χ3n) is 1.59. The lowest BCUT2D eigenvalue weighted by molar-refractivity contribution is 0.0593. The first-order valence-corrected chi connectivity index (χ1v) is 5.65. The van der Waals surface area contributed by atoms with Gasteiger partial charge in [0, 0.05) is 5.75 Å². The third kappa shape index (κ3) is 3.87. The van der Waals surface area contributed by atoms with Gasteiger partial charge in [-0.25, -0.2) is 14.8 Å². The van der Waals surface area contributed by atoms with Crippen molar-refractivity contribution in [2.24, 2.45) is 5.92 Å². The topological polar surface area (TPSA) is 52.1 Å². The van der Waals surface area contributed by atoms with E-state index in [4.69, 9.17) is 0 Å². The number of thioether (sulfide) groups is 1. The second-order valence-corrected chi connectivity index (χ2v) is 4.48.